The molecule has 0 unspecified atom stereocenters. The molecule has 0 aromatic carbocycles. The summed E-state index contributed by atoms with van der Waals surface area (Å²) in [5, 5.41) is 8.63. The van der Waals surface area contributed by atoms with Crippen LogP contribution in [0.3, 0.4) is 0 Å². The molecule has 0 rings (SSSR count). The second kappa shape index (κ2) is 2.24. The Bertz CT molecular complexity index is 80.5. The number of rotatable bonds is 1. The van der Waals surface area contributed by atoms with Crippen LogP contribution in [-0.2, 0) is 0 Å². The summed E-state index contributed by atoms with van der Waals surface area (Å²) in [6, 6.07) is 0. The molecule has 0 spiro atoms. The van der Waals surface area contributed by atoms with Crippen molar-refractivity contribution in [3.05, 3.63) is 12.8 Å². The standard InChI is InChI=1S/C3H5N3/c1-2-6(5)3-4/h2H,1,5H2. The molecule has 2 N–H and O–H groups in total. The zero-order chi connectivity index (χ0) is 4.99. The molecule has 0 aliphatic heterocycles. The van der Waals surface area contributed by atoms with Crippen molar-refractivity contribution >= 4 is 0 Å². The van der Waals surface area contributed by atoms with Gasteiger partial charge in [0.25, 0.3) is 0 Å². The highest BCUT2D eigenvalue weighted by Gasteiger charge is 1.73. The van der Waals surface area contributed by atoms with Gasteiger partial charge < -0.3 is 0 Å². The third-order valence-electron chi connectivity index (χ3n) is 0.312. The highest BCUT2D eigenvalue weighted by Crippen LogP contribution is 1.64. The van der Waals surface area contributed by atoms with Crippen molar-refractivity contribution in [2.24, 2.45) is 5.84 Å². The molecular weight excluding hydrogens is 78.1 g/mol. The maximum Gasteiger partial charge on any atom is 0.199 e. The summed E-state index contributed by atoms with van der Waals surface area (Å²) < 4.78 is 0. The van der Waals surface area contributed by atoms with Crippen LogP contribution >= 0.6 is 0 Å². The third kappa shape index (κ3) is 1.32. The average molecular weight is 83.1 g/mol. The van der Waals surface area contributed by atoms with Gasteiger partial charge in [0.15, 0.2) is 6.19 Å². The van der Waals surface area contributed by atoms with Crippen LogP contribution in [0.2, 0.25) is 0 Å². The molecule has 0 aliphatic rings. The Labute approximate surface area is 36.2 Å². The van der Waals surface area contributed by atoms with Crippen molar-refractivity contribution in [3.63, 3.8) is 0 Å². The zero-order valence-corrected chi connectivity index (χ0v) is 3.26. The van der Waals surface area contributed by atoms with Gasteiger partial charge in [-0.1, -0.05) is 6.58 Å². The van der Waals surface area contributed by atoms with Gasteiger partial charge in [0, 0.05) is 6.20 Å². The number of hydrazine groups is 1. The van der Waals surface area contributed by atoms with Crippen LogP contribution in [0.25, 0.3) is 0 Å². The summed E-state index contributed by atoms with van der Waals surface area (Å²) in [7, 11) is 0. The molecule has 0 aromatic rings. The summed E-state index contributed by atoms with van der Waals surface area (Å²) in [5.74, 6) is 4.83. The molecule has 0 aromatic heterocycles. The van der Waals surface area contributed by atoms with Gasteiger partial charge >= 0.3 is 0 Å². The van der Waals surface area contributed by atoms with E-state index in [4.69, 9.17) is 11.1 Å². The molecule has 0 atom stereocenters. The Morgan fingerprint density at radius 1 is 2.00 bits per heavy atom. The lowest BCUT2D eigenvalue weighted by atomic mass is 10.9. The van der Waals surface area contributed by atoms with Crippen LogP contribution in [0.5, 0.6) is 0 Å². The van der Waals surface area contributed by atoms with Crippen molar-refractivity contribution in [3.8, 4) is 6.19 Å². The van der Waals surface area contributed by atoms with Gasteiger partial charge in [-0.25, -0.2) is 10.9 Å². The minimum atomic E-state index is 0.819. The molecule has 3 nitrogen and oxygen atoms in total. The molecule has 0 saturated heterocycles. The van der Waals surface area contributed by atoms with E-state index in [0.717, 1.165) is 5.01 Å². The third-order valence-corrected chi connectivity index (χ3v) is 0.312. The average Bonchev–Trinajstić information content (AvgIpc) is 1.65. The highest BCUT2D eigenvalue weighted by molar-refractivity contribution is 4.76. The van der Waals surface area contributed by atoms with E-state index in [1.807, 2.05) is 0 Å². The van der Waals surface area contributed by atoms with Crippen molar-refractivity contribution in [2.45, 2.75) is 0 Å². The smallest absolute Gasteiger partial charge is 0.199 e. The molecule has 6 heavy (non-hydrogen) atoms. The van der Waals surface area contributed by atoms with E-state index in [9.17, 15) is 0 Å². The zero-order valence-electron chi connectivity index (χ0n) is 3.26. The first kappa shape index (κ1) is 4.99. The monoisotopic (exact) mass is 83.0 g/mol. The maximum absolute atomic E-state index is 7.81. The second-order valence-corrected chi connectivity index (χ2v) is 0.690. The van der Waals surface area contributed by atoms with Crippen LogP contribution in [0.15, 0.2) is 12.8 Å². The number of hydrogen-bond acceptors (Lipinski definition) is 3. The topological polar surface area (TPSA) is 53.0 Å². The molecule has 0 saturated carbocycles. The SMILES string of the molecule is C=CN(N)C#N. The lowest BCUT2D eigenvalue weighted by Crippen LogP contribution is -2.16. The van der Waals surface area contributed by atoms with E-state index in [-0.39, 0.29) is 0 Å². The second-order valence-electron chi connectivity index (χ2n) is 0.690. The normalized spacial score (nSPS) is 6.00. The number of nitrogens with zero attached hydrogens (tertiary/aromatic N) is 2. The lowest BCUT2D eigenvalue weighted by Gasteiger charge is -1.92. The molecule has 0 bridgehead atoms. The van der Waals surface area contributed by atoms with Crippen LogP contribution in [-0.4, -0.2) is 5.01 Å². The lowest BCUT2D eigenvalue weighted by molar-refractivity contribution is 0.563. The predicted octanol–water partition coefficient (Wildman–Crippen LogP) is -0.213. The Morgan fingerprint density at radius 2 is 2.50 bits per heavy atom. The number of hydrogen-bond donors (Lipinski definition) is 1. The van der Waals surface area contributed by atoms with Crippen LogP contribution in [0, 0.1) is 11.5 Å². The largest absolute Gasteiger partial charge is 0.234 e. The molecule has 0 radical (unpaired) electrons. The van der Waals surface area contributed by atoms with Gasteiger partial charge in [-0.3, -0.25) is 0 Å². The Kier molecular flexibility index (Phi) is 1.86. The van der Waals surface area contributed by atoms with Crippen LogP contribution in [0.1, 0.15) is 0 Å². The van der Waals surface area contributed by atoms with Gasteiger partial charge in [0.1, 0.15) is 0 Å². The molecule has 0 aliphatic carbocycles. The van der Waals surface area contributed by atoms with Crippen LogP contribution < -0.4 is 5.84 Å². The molecule has 0 amide bonds. The minimum Gasteiger partial charge on any atom is -0.234 e. The van der Waals surface area contributed by atoms with E-state index in [0.29, 0.717) is 0 Å². The maximum atomic E-state index is 7.81. The summed E-state index contributed by atoms with van der Waals surface area (Å²) in [6.07, 6.45) is 2.83. The first-order chi connectivity index (χ1) is 2.81. The van der Waals surface area contributed by atoms with Gasteiger partial charge in [0.05, 0.1) is 0 Å². The Balaban J connectivity index is 3.30. The molecule has 3 heteroatoms. The fourth-order valence-corrected chi connectivity index (χ4v) is 0.0408. The molecule has 0 fully saturated rings. The number of nitriles is 1. The van der Waals surface area contributed by atoms with Crippen molar-refractivity contribution < 1.29 is 0 Å². The van der Waals surface area contributed by atoms with Crippen molar-refractivity contribution in [2.75, 3.05) is 0 Å². The van der Waals surface area contributed by atoms with Crippen LogP contribution in [0.4, 0.5) is 0 Å². The van der Waals surface area contributed by atoms with E-state index < -0.39 is 0 Å². The molecule has 0 heterocycles. The van der Waals surface area contributed by atoms with Gasteiger partial charge in [-0.05, 0) is 0 Å². The van der Waals surface area contributed by atoms with E-state index >= 15 is 0 Å². The molecule has 32 valence electrons. The first-order valence-electron chi connectivity index (χ1n) is 1.37. The first-order valence-corrected chi connectivity index (χ1v) is 1.37. The Morgan fingerprint density at radius 3 is 2.50 bits per heavy atom. The quantitative estimate of drug-likeness (QED) is 0.206. The predicted molar refractivity (Wildman–Crippen MR) is 21.8 cm³/mol. The summed E-state index contributed by atoms with van der Waals surface area (Å²) in [6.45, 7) is 3.21. The van der Waals surface area contributed by atoms with Crippen molar-refractivity contribution in [1.82, 2.24) is 5.01 Å². The van der Waals surface area contributed by atoms with Crippen molar-refractivity contribution in [1.29, 1.82) is 5.26 Å². The highest BCUT2D eigenvalue weighted by atomic mass is 15.4. The summed E-state index contributed by atoms with van der Waals surface area (Å²) >= 11 is 0. The Hall–Kier alpha value is -1.01. The van der Waals surface area contributed by atoms with Gasteiger partial charge in [-0.2, -0.15) is 5.26 Å². The summed E-state index contributed by atoms with van der Waals surface area (Å²) in [5.41, 5.74) is 0. The fraction of sp³-hybridized carbons (Fsp3) is 0. The molecular formula is C3H5N3. The summed E-state index contributed by atoms with van der Waals surface area (Å²) in [4.78, 5) is 0. The minimum absolute atomic E-state index is 0.819. The van der Waals surface area contributed by atoms with Gasteiger partial charge in [-0.15, -0.1) is 0 Å². The van der Waals surface area contributed by atoms with Gasteiger partial charge in [0.2, 0.25) is 0 Å². The van der Waals surface area contributed by atoms with E-state index in [1.54, 1.807) is 6.19 Å². The van der Waals surface area contributed by atoms with E-state index in [1.165, 1.54) is 6.20 Å². The van der Waals surface area contributed by atoms with E-state index in [2.05, 4.69) is 6.58 Å². The fourth-order valence-electron chi connectivity index (χ4n) is 0.0408. The number of nitrogens with two attached hydrogens (primary N) is 1.